The first kappa shape index (κ1) is 16.2. The quantitative estimate of drug-likeness (QED) is 0.853. The Morgan fingerprint density at radius 3 is 2.73 bits per heavy atom. The van der Waals surface area contributed by atoms with Gasteiger partial charge in [0, 0.05) is 25.5 Å². The molecule has 0 bridgehead atoms. The summed E-state index contributed by atoms with van der Waals surface area (Å²) in [4.78, 5) is 14.1. The zero-order valence-electron chi connectivity index (χ0n) is 13.4. The summed E-state index contributed by atoms with van der Waals surface area (Å²) < 4.78 is 4.99. The van der Waals surface area contributed by atoms with Crippen molar-refractivity contribution in [2.75, 3.05) is 20.6 Å². The Kier molecular flexibility index (Phi) is 5.72. The molecule has 1 aromatic carbocycles. The van der Waals surface area contributed by atoms with Gasteiger partial charge in [-0.1, -0.05) is 29.4 Å². The number of aromatic nitrogens is 1. The fourth-order valence-corrected chi connectivity index (χ4v) is 2.44. The maximum atomic E-state index is 12.0. The van der Waals surface area contributed by atoms with Gasteiger partial charge in [-0.15, -0.1) is 0 Å². The summed E-state index contributed by atoms with van der Waals surface area (Å²) in [5, 5.41) is 6.64. The molecule has 0 fully saturated rings. The van der Waals surface area contributed by atoms with Crippen LogP contribution < -0.4 is 5.32 Å². The van der Waals surface area contributed by atoms with E-state index in [1.165, 1.54) is 11.1 Å². The van der Waals surface area contributed by atoms with Crippen molar-refractivity contribution in [2.24, 2.45) is 0 Å². The number of rotatable bonds is 7. The molecule has 0 aliphatic heterocycles. The number of aryl methyl sites for hydroxylation is 2. The summed E-state index contributed by atoms with van der Waals surface area (Å²) >= 11 is 0. The molecule has 0 saturated heterocycles. The molecule has 22 heavy (non-hydrogen) atoms. The average molecular weight is 301 g/mol. The molecule has 1 amide bonds. The van der Waals surface area contributed by atoms with Crippen molar-refractivity contribution < 1.29 is 9.32 Å². The van der Waals surface area contributed by atoms with Crippen LogP contribution in [0.1, 0.15) is 29.3 Å². The Morgan fingerprint density at radius 2 is 2.09 bits per heavy atom. The zero-order valence-corrected chi connectivity index (χ0v) is 13.4. The monoisotopic (exact) mass is 301 g/mol. The Morgan fingerprint density at radius 1 is 1.32 bits per heavy atom. The molecule has 0 radical (unpaired) electrons. The summed E-state index contributed by atoms with van der Waals surface area (Å²) in [7, 11) is 4.05. The van der Waals surface area contributed by atoms with Gasteiger partial charge in [0.2, 0.25) is 5.91 Å². The van der Waals surface area contributed by atoms with E-state index in [9.17, 15) is 4.79 Å². The molecule has 118 valence electrons. The van der Waals surface area contributed by atoms with Crippen molar-refractivity contribution in [3.05, 3.63) is 53.4 Å². The number of likely N-dealkylation sites (N-methyl/N-ethyl adjacent to an activating group) is 1. The van der Waals surface area contributed by atoms with Crippen LogP contribution in [0.2, 0.25) is 0 Å². The molecule has 0 aliphatic carbocycles. The van der Waals surface area contributed by atoms with Crippen LogP contribution in [-0.2, 0) is 11.2 Å². The van der Waals surface area contributed by atoms with Gasteiger partial charge in [-0.05, 0) is 32.1 Å². The Bertz CT molecular complexity index is 594. The maximum absolute atomic E-state index is 12.0. The maximum Gasteiger partial charge on any atom is 0.220 e. The predicted molar refractivity (Wildman–Crippen MR) is 85.4 cm³/mol. The third-order valence-corrected chi connectivity index (χ3v) is 3.75. The van der Waals surface area contributed by atoms with Crippen molar-refractivity contribution in [1.29, 1.82) is 0 Å². The first-order valence-corrected chi connectivity index (χ1v) is 7.46. The van der Waals surface area contributed by atoms with Crippen molar-refractivity contribution in [3.63, 3.8) is 0 Å². The predicted octanol–water partition coefficient (Wildman–Crippen LogP) is 2.33. The minimum Gasteiger partial charge on any atom is -0.361 e. The first-order chi connectivity index (χ1) is 10.6. The van der Waals surface area contributed by atoms with Gasteiger partial charge in [0.05, 0.1) is 12.2 Å². The number of benzene rings is 1. The van der Waals surface area contributed by atoms with Gasteiger partial charge in [-0.3, -0.25) is 4.79 Å². The minimum absolute atomic E-state index is 0.0248. The molecular weight excluding hydrogens is 278 g/mol. The highest BCUT2D eigenvalue weighted by molar-refractivity contribution is 5.76. The fourth-order valence-electron chi connectivity index (χ4n) is 2.44. The van der Waals surface area contributed by atoms with Crippen molar-refractivity contribution in [1.82, 2.24) is 15.4 Å². The minimum atomic E-state index is 0.0248. The highest BCUT2D eigenvalue weighted by atomic mass is 16.5. The van der Waals surface area contributed by atoms with E-state index in [4.69, 9.17) is 4.52 Å². The number of nitrogens with zero attached hydrogens (tertiary/aromatic N) is 2. The van der Waals surface area contributed by atoms with Gasteiger partial charge >= 0.3 is 0 Å². The van der Waals surface area contributed by atoms with E-state index in [-0.39, 0.29) is 11.9 Å². The van der Waals surface area contributed by atoms with Crippen molar-refractivity contribution in [2.45, 2.75) is 25.8 Å². The molecule has 1 N–H and O–H groups in total. The van der Waals surface area contributed by atoms with Gasteiger partial charge in [0.15, 0.2) is 0 Å². The molecule has 0 unspecified atom stereocenters. The van der Waals surface area contributed by atoms with E-state index in [0.717, 1.165) is 5.76 Å². The van der Waals surface area contributed by atoms with Crippen LogP contribution in [-0.4, -0.2) is 36.6 Å². The molecule has 5 nitrogen and oxygen atoms in total. The van der Waals surface area contributed by atoms with Crippen LogP contribution >= 0.6 is 0 Å². The van der Waals surface area contributed by atoms with Gasteiger partial charge in [0.1, 0.15) is 5.76 Å². The third-order valence-electron chi connectivity index (χ3n) is 3.75. The van der Waals surface area contributed by atoms with Crippen molar-refractivity contribution >= 4 is 5.91 Å². The highest BCUT2D eigenvalue weighted by Gasteiger charge is 2.17. The van der Waals surface area contributed by atoms with E-state index in [0.29, 0.717) is 19.4 Å². The molecular formula is C17H23N3O2. The molecule has 2 rings (SSSR count). The lowest BCUT2D eigenvalue weighted by Crippen LogP contribution is -2.35. The lowest BCUT2D eigenvalue weighted by Gasteiger charge is -2.26. The van der Waals surface area contributed by atoms with Crippen LogP contribution in [0, 0.1) is 6.92 Å². The van der Waals surface area contributed by atoms with E-state index in [2.05, 4.69) is 34.4 Å². The zero-order chi connectivity index (χ0) is 15.9. The number of nitrogens with one attached hydrogen (secondary N) is 1. The van der Waals surface area contributed by atoms with E-state index < -0.39 is 0 Å². The van der Waals surface area contributed by atoms with Gasteiger partial charge in [-0.2, -0.15) is 0 Å². The van der Waals surface area contributed by atoms with Crippen LogP contribution in [0.15, 0.2) is 41.1 Å². The number of hydrogen-bond donors (Lipinski definition) is 1. The topological polar surface area (TPSA) is 58.4 Å². The van der Waals surface area contributed by atoms with Gasteiger partial charge in [0.25, 0.3) is 0 Å². The summed E-state index contributed by atoms with van der Waals surface area (Å²) in [6, 6.07) is 10.2. The summed E-state index contributed by atoms with van der Waals surface area (Å²) in [6.07, 6.45) is 2.57. The van der Waals surface area contributed by atoms with Gasteiger partial charge in [-0.25, -0.2) is 0 Å². The summed E-state index contributed by atoms with van der Waals surface area (Å²) in [6.45, 7) is 2.69. The molecule has 0 aliphatic rings. The lowest BCUT2D eigenvalue weighted by molar-refractivity contribution is -0.121. The van der Waals surface area contributed by atoms with E-state index in [1.807, 2.05) is 26.2 Å². The second-order valence-corrected chi connectivity index (χ2v) is 5.62. The lowest BCUT2D eigenvalue weighted by atomic mass is 10.0. The Labute approximate surface area is 131 Å². The molecule has 0 spiro atoms. The number of hydrogen-bond acceptors (Lipinski definition) is 4. The number of amides is 1. The third kappa shape index (κ3) is 4.43. The molecule has 0 saturated carbocycles. The molecule has 1 heterocycles. The second-order valence-electron chi connectivity index (χ2n) is 5.62. The SMILES string of the molecule is Cc1ccccc1[C@H](CNC(=O)CCc1ccno1)N(C)C. The van der Waals surface area contributed by atoms with Crippen LogP contribution in [0.5, 0.6) is 0 Å². The summed E-state index contributed by atoms with van der Waals surface area (Å²) in [5.74, 6) is 0.759. The number of carbonyl (C=O) groups is 1. The average Bonchev–Trinajstić information content (AvgIpc) is 3.00. The fraction of sp³-hybridized carbons (Fsp3) is 0.412. The normalized spacial score (nSPS) is 12.4. The second kappa shape index (κ2) is 7.75. The molecule has 1 atom stereocenters. The van der Waals surface area contributed by atoms with Crippen molar-refractivity contribution in [3.8, 4) is 0 Å². The van der Waals surface area contributed by atoms with Crippen LogP contribution in [0.3, 0.4) is 0 Å². The van der Waals surface area contributed by atoms with E-state index in [1.54, 1.807) is 12.3 Å². The standard InChI is InChI=1S/C17H23N3O2/c1-13-6-4-5-7-15(13)16(20(2)3)12-18-17(21)9-8-14-10-11-19-22-14/h4-7,10-11,16H,8-9,12H2,1-3H3,(H,18,21)/t16-/m0/s1. The molecule has 5 heteroatoms. The summed E-state index contributed by atoms with van der Waals surface area (Å²) in [5.41, 5.74) is 2.47. The molecule has 2 aromatic rings. The number of carbonyl (C=O) groups excluding carboxylic acids is 1. The first-order valence-electron chi connectivity index (χ1n) is 7.46. The largest absolute Gasteiger partial charge is 0.361 e. The van der Waals surface area contributed by atoms with E-state index >= 15 is 0 Å². The Balaban J connectivity index is 1.89. The smallest absolute Gasteiger partial charge is 0.220 e. The molecule has 1 aromatic heterocycles. The van der Waals surface area contributed by atoms with Gasteiger partial charge < -0.3 is 14.7 Å². The van der Waals surface area contributed by atoms with Crippen LogP contribution in [0.25, 0.3) is 0 Å². The van der Waals surface area contributed by atoms with Crippen LogP contribution in [0.4, 0.5) is 0 Å². The highest BCUT2D eigenvalue weighted by Crippen LogP contribution is 2.20. The Hall–Kier alpha value is -2.14.